The van der Waals surface area contributed by atoms with Crippen molar-refractivity contribution in [3.05, 3.63) is 23.8 Å². The molecule has 1 heterocycles. The number of fused-ring (bicyclic) bond motifs is 1. The van der Waals surface area contributed by atoms with Gasteiger partial charge in [0.1, 0.15) is 18.1 Å². The Hall–Kier alpha value is -1.73. The first kappa shape index (κ1) is 9.81. The van der Waals surface area contributed by atoms with Crippen molar-refractivity contribution in [2.45, 2.75) is 5.54 Å². The van der Waals surface area contributed by atoms with Crippen LogP contribution in [-0.4, -0.2) is 30.7 Å². The Labute approximate surface area is 88.3 Å². The summed E-state index contributed by atoms with van der Waals surface area (Å²) in [6.07, 6.45) is 0. The van der Waals surface area contributed by atoms with Gasteiger partial charge in [-0.05, 0) is 26.2 Å². The fourth-order valence-electron chi connectivity index (χ4n) is 1.79. The van der Waals surface area contributed by atoms with Crippen LogP contribution in [0.25, 0.3) is 0 Å². The van der Waals surface area contributed by atoms with Crippen LogP contribution in [0.1, 0.15) is 5.56 Å². The summed E-state index contributed by atoms with van der Waals surface area (Å²) in [7, 11) is 3.68. The first-order chi connectivity index (χ1) is 7.10. The summed E-state index contributed by atoms with van der Waals surface area (Å²) in [5.41, 5.74) is 0.0797. The van der Waals surface area contributed by atoms with E-state index >= 15 is 0 Å². The Balaban J connectivity index is 2.57. The SMILES string of the molecule is CN(C)C1(C#N)COc2cc(O)ccc21. The highest BCUT2D eigenvalue weighted by Crippen LogP contribution is 2.41. The number of nitriles is 1. The molecule has 0 radical (unpaired) electrons. The van der Waals surface area contributed by atoms with E-state index in [2.05, 4.69) is 6.07 Å². The Morgan fingerprint density at radius 1 is 1.53 bits per heavy atom. The first-order valence-electron chi connectivity index (χ1n) is 4.65. The van der Waals surface area contributed by atoms with Gasteiger partial charge < -0.3 is 9.84 Å². The minimum absolute atomic E-state index is 0.154. The molecule has 0 spiro atoms. The Morgan fingerprint density at radius 2 is 2.27 bits per heavy atom. The lowest BCUT2D eigenvalue weighted by molar-refractivity contribution is 0.166. The van der Waals surface area contributed by atoms with Crippen LogP contribution in [-0.2, 0) is 5.54 Å². The minimum atomic E-state index is -0.733. The Kier molecular flexibility index (Phi) is 2.06. The highest BCUT2D eigenvalue weighted by Gasteiger charge is 2.43. The average molecular weight is 204 g/mol. The topological polar surface area (TPSA) is 56.5 Å². The van der Waals surface area contributed by atoms with Gasteiger partial charge in [-0.1, -0.05) is 0 Å². The monoisotopic (exact) mass is 204 g/mol. The molecule has 1 aromatic carbocycles. The zero-order valence-corrected chi connectivity index (χ0v) is 8.69. The first-order valence-corrected chi connectivity index (χ1v) is 4.65. The lowest BCUT2D eigenvalue weighted by atomic mass is 9.92. The van der Waals surface area contributed by atoms with Gasteiger partial charge in [0.25, 0.3) is 0 Å². The van der Waals surface area contributed by atoms with Crippen molar-refractivity contribution in [2.24, 2.45) is 0 Å². The molecular weight excluding hydrogens is 192 g/mol. The second-order valence-corrected chi connectivity index (χ2v) is 3.84. The van der Waals surface area contributed by atoms with Gasteiger partial charge in [-0.25, -0.2) is 0 Å². The summed E-state index contributed by atoms with van der Waals surface area (Å²) >= 11 is 0. The van der Waals surface area contributed by atoms with Crippen LogP contribution in [0.4, 0.5) is 0 Å². The van der Waals surface area contributed by atoms with Crippen LogP contribution in [0, 0.1) is 11.3 Å². The molecule has 78 valence electrons. The number of benzene rings is 1. The third-order valence-corrected chi connectivity index (χ3v) is 2.80. The van der Waals surface area contributed by atoms with Crippen LogP contribution in [0.5, 0.6) is 11.5 Å². The molecule has 1 aliphatic rings. The van der Waals surface area contributed by atoms with Crippen LogP contribution in [0.2, 0.25) is 0 Å². The van der Waals surface area contributed by atoms with E-state index in [9.17, 15) is 10.4 Å². The number of hydrogen-bond acceptors (Lipinski definition) is 4. The summed E-state index contributed by atoms with van der Waals surface area (Å²) in [6, 6.07) is 7.12. The van der Waals surface area contributed by atoms with Gasteiger partial charge in [-0.2, -0.15) is 5.26 Å². The number of aromatic hydroxyl groups is 1. The second kappa shape index (κ2) is 3.14. The molecule has 1 aromatic rings. The van der Waals surface area contributed by atoms with Crippen molar-refractivity contribution in [2.75, 3.05) is 20.7 Å². The van der Waals surface area contributed by atoms with E-state index in [1.165, 1.54) is 6.07 Å². The Morgan fingerprint density at radius 3 is 2.87 bits per heavy atom. The van der Waals surface area contributed by atoms with Crippen molar-refractivity contribution in [1.82, 2.24) is 4.90 Å². The Bertz CT molecular complexity index is 437. The number of likely N-dealkylation sites (N-methyl/N-ethyl adjacent to an activating group) is 1. The predicted octanol–water partition coefficient (Wildman–Crippen LogP) is 1.07. The molecule has 0 saturated heterocycles. The predicted molar refractivity (Wildman–Crippen MR) is 54.6 cm³/mol. The highest BCUT2D eigenvalue weighted by atomic mass is 16.5. The molecule has 1 unspecified atom stereocenters. The molecule has 1 N–H and O–H groups in total. The second-order valence-electron chi connectivity index (χ2n) is 3.84. The number of ether oxygens (including phenoxy) is 1. The molecular formula is C11H12N2O2. The lowest BCUT2D eigenvalue weighted by Gasteiger charge is -2.27. The summed E-state index contributed by atoms with van der Waals surface area (Å²) in [6.45, 7) is 0.301. The number of rotatable bonds is 1. The maximum Gasteiger partial charge on any atom is 0.172 e. The van der Waals surface area contributed by atoms with E-state index in [1.807, 2.05) is 19.0 Å². The number of phenolic OH excluding ortho intramolecular Hbond substituents is 1. The fourth-order valence-corrected chi connectivity index (χ4v) is 1.79. The third-order valence-electron chi connectivity index (χ3n) is 2.80. The number of phenols is 1. The number of hydrogen-bond donors (Lipinski definition) is 1. The van der Waals surface area contributed by atoms with E-state index in [1.54, 1.807) is 12.1 Å². The smallest absolute Gasteiger partial charge is 0.172 e. The normalized spacial score (nSPS) is 23.3. The molecule has 0 amide bonds. The molecule has 0 aromatic heterocycles. The van der Waals surface area contributed by atoms with Crippen molar-refractivity contribution in [3.8, 4) is 17.6 Å². The fraction of sp³-hybridized carbons (Fsp3) is 0.364. The quantitative estimate of drug-likeness (QED) is 0.743. The zero-order chi connectivity index (χ0) is 11.1. The summed E-state index contributed by atoms with van der Waals surface area (Å²) in [5, 5.41) is 18.6. The van der Waals surface area contributed by atoms with Crippen LogP contribution >= 0.6 is 0 Å². The van der Waals surface area contributed by atoms with Gasteiger partial charge in [0.15, 0.2) is 5.54 Å². The molecule has 2 rings (SSSR count). The molecule has 4 heteroatoms. The van der Waals surface area contributed by atoms with E-state index in [0.717, 1.165) is 5.56 Å². The number of nitrogens with zero attached hydrogens (tertiary/aromatic N) is 2. The molecule has 0 bridgehead atoms. The molecule has 0 aliphatic carbocycles. The van der Waals surface area contributed by atoms with E-state index in [4.69, 9.17) is 4.74 Å². The maximum absolute atomic E-state index is 9.30. The molecule has 15 heavy (non-hydrogen) atoms. The molecule has 1 aliphatic heterocycles. The van der Waals surface area contributed by atoms with E-state index in [0.29, 0.717) is 12.4 Å². The van der Waals surface area contributed by atoms with Crippen LogP contribution in [0.15, 0.2) is 18.2 Å². The largest absolute Gasteiger partial charge is 0.508 e. The summed E-state index contributed by atoms with van der Waals surface area (Å²) in [4.78, 5) is 1.83. The van der Waals surface area contributed by atoms with E-state index in [-0.39, 0.29) is 5.75 Å². The lowest BCUT2D eigenvalue weighted by Crippen LogP contribution is -2.41. The molecule has 0 saturated carbocycles. The van der Waals surface area contributed by atoms with Gasteiger partial charge in [0.05, 0.1) is 6.07 Å². The van der Waals surface area contributed by atoms with E-state index < -0.39 is 5.54 Å². The van der Waals surface area contributed by atoms with Crippen LogP contribution < -0.4 is 4.74 Å². The molecule has 4 nitrogen and oxygen atoms in total. The standard InChI is InChI=1S/C11H12N2O2/c1-13(2)11(6-12)7-15-10-5-8(14)3-4-9(10)11/h3-5,14H,7H2,1-2H3. The van der Waals surface area contributed by atoms with Crippen molar-refractivity contribution in [1.29, 1.82) is 5.26 Å². The van der Waals surface area contributed by atoms with Crippen molar-refractivity contribution >= 4 is 0 Å². The average Bonchev–Trinajstić information content (AvgIpc) is 2.56. The van der Waals surface area contributed by atoms with Gasteiger partial charge in [0.2, 0.25) is 0 Å². The van der Waals surface area contributed by atoms with Gasteiger partial charge in [-0.3, -0.25) is 4.90 Å². The zero-order valence-electron chi connectivity index (χ0n) is 8.69. The third kappa shape index (κ3) is 1.24. The molecule has 0 fully saturated rings. The highest BCUT2D eigenvalue weighted by molar-refractivity contribution is 5.50. The minimum Gasteiger partial charge on any atom is -0.508 e. The van der Waals surface area contributed by atoms with Crippen molar-refractivity contribution in [3.63, 3.8) is 0 Å². The maximum atomic E-state index is 9.30. The van der Waals surface area contributed by atoms with Gasteiger partial charge in [-0.15, -0.1) is 0 Å². The van der Waals surface area contributed by atoms with Crippen molar-refractivity contribution < 1.29 is 9.84 Å². The van der Waals surface area contributed by atoms with Gasteiger partial charge >= 0.3 is 0 Å². The summed E-state index contributed by atoms with van der Waals surface area (Å²) in [5.74, 6) is 0.742. The van der Waals surface area contributed by atoms with Crippen LogP contribution in [0.3, 0.4) is 0 Å². The van der Waals surface area contributed by atoms with Gasteiger partial charge in [0, 0.05) is 11.6 Å². The molecule has 1 atom stereocenters. The summed E-state index contributed by atoms with van der Waals surface area (Å²) < 4.78 is 5.42.